The number of carbonyl (C=O) groups is 1. The van der Waals surface area contributed by atoms with Gasteiger partial charge in [-0.3, -0.25) is 9.20 Å². The minimum Gasteiger partial charge on any atom is -0.309 e. The molecule has 0 aliphatic carbocycles. The van der Waals surface area contributed by atoms with Crippen LogP contribution in [0.3, 0.4) is 0 Å². The Morgan fingerprint density at radius 2 is 1.91 bits per heavy atom. The van der Waals surface area contributed by atoms with Crippen molar-refractivity contribution in [2.45, 2.75) is 51.4 Å². The van der Waals surface area contributed by atoms with Crippen LogP contribution in [0.1, 0.15) is 53.6 Å². The lowest BCUT2D eigenvalue weighted by molar-refractivity contribution is 0.0976. The van der Waals surface area contributed by atoms with Gasteiger partial charge < -0.3 is 10.2 Å². The second-order valence-corrected chi connectivity index (χ2v) is 10.7. The number of nitrogens with one attached hydrogen (secondary N) is 1. The van der Waals surface area contributed by atoms with Crippen LogP contribution in [0, 0.1) is 5.82 Å². The summed E-state index contributed by atoms with van der Waals surface area (Å²) in [6, 6.07) is 9.30. The minimum absolute atomic E-state index is 0.148. The summed E-state index contributed by atoms with van der Waals surface area (Å²) in [5.41, 5.74) is 4.97. The molecule has 1 saturated heterocycles. The van der Waals surface area contributed by atoms with Gasteiger partial charge in [-0.15, -0.1) is 0 Å². The minimum atomic E-state index is -0.646. The number of Topliss-reactive ketones (excluding diaryl/α,β-unsaturated/α-hetero) is 1. The Hall–Kier alpha value is -2.68. The third-order valence-corrected chi connectivity index (χ3v) is 8.28. The molecule has 1 fully saturated rings. The first-order valence-corrected chi connectivity index (χ1v) is 13.2. The number of aromatic nitrogens is 2. The fraction of sp³-hybridized carbons (Fsp3) is 0.407. The molecule has 2 aliphatic heterocycles. The van der Waals surface area contributed by atoms with Crippen molar-refractivity contribution in [3.05, 3.63) is 59.0 Å². The van der Waals surface area contributed by atoms with E-state index >= 15 is 0 Å². The summed E-state index contributed by atoms with van der Waals surface area (Å²) in [6.07, 6.45) is 4.81. The normalized spacial score (nSPS) is 17.0. The van der Waals surface area contributed by atoms with Gasteiger partial charge in [0.05, 0.1) is 15.9 Å². The molecule has 5 nitrogen and oxygen atoms in total. The Kier molecular flexibility index (Phi) is 6.12. The Labute approximate surface area is 206 Å². The van der Waals surface area contributed by atoms with Gasteiger partial charge in [0.1, 0.15) is 12.0 Å². The molecule has 0 spiro atoms. The second kappa shape index (κ2) is 9.41. The number of thiazole rings is 1. The standard InChI is InChI=1S/C27H28F2N4OS/c28-20-6-9-32(10-7-20)8-2-1-3-25(34)17-4-5-24-26(13-17)35-27-31-23(16-33(24)27)21-11-18-14-30-15-19(18)12-22(21)29/h4-5,11-13,16,20,30H,1-3,6-10,14-15H2. The van der Waals surface area contributed by atoms with Gasteiger partial charge in [0.15, 0.2) is 10.7 Å². The zero-order chi connectivity index (χ0) is 23.9. The maximum Gasteiger partial charge on any atom is 0.195 e. The fourth-order valence-electron chi connectivity index (χ4n) is 5.21. The van der Waals surface area contributed by atoms with E-state index in [9.17, 15) is 13.6 Å². The Morgan fingerprint density at radius 3 is 2.74 bits per heavy atom. The lowest BCUT2D eigenvalue weighted by Crippen LogP contribution is -2.35. The molecule has 1 N–H and O–H groups in total. The zero-order valence-corrected chi connectivity index (χ0v) is 20.3. The average molecular weight is 495 g/mol. The summed E-state index contributed by atoms with van der Waals surface area (Å²) < 4.78 is 31.0. The molecule has 0 unspecified atom stereocenters. The highest BCUT2D eigenvalue weighted by molar-refractivity contribution is 7.23. The van der Waals surface area contributed by atoms with E-state index in [-0.39, 0.29) is 11.6 Å². The van der Waals surface area contributed by atoms with E-state index in [0.717, 1.165) is 70.9 Å². The average Bonchev–Trinajstić information content (AvgIpc) is 3.56. The first kappa shape index (κ1) is 22.8. The van der Waals surface area contributed by atoms with E-state index in [1.165, 1.54) is 11.3 Å². The van der Waals surface area contributed by atoms with Crippen molar-refractivity contribution in [1.82, 2.24) is 19.6 Å². The van der Waals surface area contributed by atoms with Crippen molar-refractivity contribution < 1.29 is 13.6 Å². The molecule has 0 amide bonds. The number of piperidine rings is 1. The van der Waals surface area contributed by atoms with E-state index < -0.39 is 6.17 Å². The third kappa shape index (κ3) is 4.50. The number of unbranched alkanes of at least 4 members (excludes halogenated alkanes) is 1. The van der Waals surface area contributed by atoms with Gasteiger partial charge in [-0.1, -0.05) is 11.3 Å². The first-order valence-electron chi connectivity index (χ1n) is 12.4. The van der Waals surface area contributed by atoms with E-state index in [1.807, 2.05) is 34.9 Å². The lowest BCUT2D eigenvalue weighted by Gasteiger charge is -2.28. The number of imidazole rings is 1. The fourth-order valence-corrected chi connectivity index (χ4v) is 6.26. The van der Waals surface area contributed by atoms with Crippen LogP contribution >= 0.6 is 11.3 Å². The van der Waals surface area contributed by atoms with Crippen molar-refractivity contribution in [2.24, 2.45) is 0 Å². The van der Waals surface area contributed by atoms with E-state index in [2.05, 4.69) is 10.2 Å². The Bertz CT molecular complexity index is 1400. The van der Waals surface area contributed by atoms with Crippen molar-refractivity contribution in [2.75, 3.05) is 19.6 Å². The number of rotatable bonds is 7. The van der Waals surface area contributed by atoms with Gasteiger partial charge in [-0.2, -0.15) is 0 Å². The lowest BCUT2D eigenvalue weighted by atomic mass is 10.0. The van der Waals surface area contributed by atoms with Crippen molar-refractivity contribution >= 4 is 32.3 Å². The number of fused-ring (bicyclic) bond motifs is 4. The van der Waals surface area contributed by atoms with Gasteiger partial charge in [0.2, 0.25) is 0 Å². The summed E-state index contributed by atoms with van der Waals surface area (Å²) in [5.74, 6) is -0.0998. The summed E-state index contributed by atoms with van der Waals surface area (Å²) in [5, 5.41) is 3.25. The number of halogens is 2. The van der Waals surface area contributed by atoms with Crippen LogP contribution in [0.4, 0.5) is 8.78 Å². The van der Waals surface area contributed by atoms with Crippen LogP contribution in [0.25, 0.3) is 26.4 Å². The quantitative estimate of drug-likeness (QED) is 0.263. The highest BCUT2D eigenvalue weighted by Gasteiger charge is 2.20. The number of benzene rings is 2. The third-order valence-electron chi connectivity index (χ3n) is 7.26. The van der Waals surface area contributed by atoms with E-state index in [1.54, 1.807) is 6.07 Å². The first-order chi connectivity index (χ1) is 17.0. The SMILES string of the molecule is O=C(CCCCN1CCC(F)CC1)c1ccc2c(c1)sc1nc(-c3cc4c(cc3F)CNC4)cn12. The summed E-state index contributed by atoms with van der Waals surface area (Å²) in [7, 11) is 0. The molecule has 0 saturated carbocycles. The van der Waals surface area contributed by atoms with Gasteiger partial charge in [-0.25, -0.2) is 13.8 Å². The molecule has 0 atom stereocenters. The molecular formula is C27H28F2N4OS. The maximum absolute atomic E-state index is 14.7. The summed E-state index contributed by atoms with van der Waals surface area (Å²) in [4.78, 5) is 20.6. The predicted molar refractivity (Wildman–Crippen MR) is 135 cm³/mol. The topological polar surface area (TPSA) is 49.6 Å². The van der Waals surface area contributed by atoms with Crippen LogP contribution in [0.5, 0.6) is 0 Å². The number of nitrogens with zero attached hydrogens (tertiary/aromatic N) is 3. The molecule has 0 radical (unpaired) electrons. The van der Waals surface area contributed by atoms with Crippen LogP contribution in [-0.2, 0) is 13.1 Å². The number of likely N-dealkylation sites (tertiary alicyclic amines) is 1. The number of ketones is 1. The molecule has 182 valence electrons. The zero-order valence-electron chi connectivity index (χ0n) is 19.5. The number of hydrogen-bond donors (Lipinski definition) is 1. The molecule has 2 aromatic carbocycles. The van der Waals surface area contributed by atoms with Gasteiger partial charge >= 0.3 is 0 Å². The monoisotopic (exact) mass is 494 g/mol. The smallest absolute Gasteiger partial charge is 0.195 e. The molecule has 35 heavy (non-hydrogen) atoms. The highest BCUT2D eigenvalue weighted by Crippen LogP contribution is 2.33. The Morgan fingerprint density at radius 1 is 1.11 bits per heavy atom. The predicted octanol–water partition coefficient (Wildman–Crippen LogP) is 5.75. The number of hydrogen-bond acceptors (Lipinski definition) is 5. The maximum atomic E-state index is 14.7. The van der Waals surface area contributed by atoms with Gasteiger partial charge in [0.25, 0.3) is 0 Å². The van der Waals surface area contributed by atoms with E-state index in [0.29, 0.717) is 37.1 Å². The van der Waals surface area contributed by atoms with Gasteiger partial charge in [0, 0.05) is 49.9 Å². The summed E-state index contributed by atoms with van der Waals surface area (Å²) in [6.45, 7) is 4.04. The molecule has 2 aromatic heterocycles. The number of alkyl halides is 1. The molecule has 8 heteroatoms. The summed E-state index contributed by atoms with van der Waals surface area (Å²) >= 11 is 1.51. The molecule has 4 heterocycles. The van der Waals surface area contributed by atoms with Crippen molar-refractivity contribution in [3.63, 3.8) is 0 Å². The van der Waals surface area contributed by atoms with E-state index in [4.69, 9.17) is 4.98 Å². The van der Waals surface area contributed by atoms with Gasteiger partial charge in [-0.05, 0) is 73.7 Å². The van der Waals surface area contributed by atoms with Crippen molar-refractivity contribution in [3.8, 4) is 11.3 Å². The molecule has 0 bridgehead atoms. The second-order valence-electron chi connectivity index (χ2n) is 9.66. The molecular weight excluding hydrogens is 466 g/mol. The molecule has 2 aliphatic rings. The number of carbonyl (C=O) groups excluding carboxylic acids is 1. The Balaban J connectivity index is 1.14. The van der Waals surface area contributed by atoms with Crippen molar-refractivity contribution in [1.29, 1.82) is 0 Å². The highest BCUT2D eigenvalue weighted by atomic mass is 32.1. The van der Waals surface area contributed by atoms with Crippen LogP contribution < -0.4 is 5.32 Å². The largest absolute Gasteiger partial charge is 0.309 e. The van der Waals surface area contributed by atoms with Crippen LogP contribution in [0.2, 0.25) is 0 Å². The van der Waals surface area contributed by atoms with Crippen LogP contribution in [-0.4, -0.2) is 45.9 Å². The van der Waals surface area contributed by atoms with Crippen LogP contribution in [0.15, 0.2) is 36.5 Å². The molecule has 6 rings (SSSR count). The molecule has 4 aromatic rings.